The highest BCUT2D eigenvalue weighted by Gasteiger charge is 2.17. The third kappa shape index (κ3) is 2.40. The second kappa shape index (κ2) is 5.54. The Balaban J connectivity index is 1.83. The number of hydrogen-bond acceptors (Lipinski definition) is 6. The van der Waals surface area contributed by atoms with E-state index in [9.17, 15) is 0 Å². The highest BCUT2D eigenvalue weighted by Crippen LogP contribution is 2.28. The molecule has 4 heterocycles. The Kier molecular flexibility index (Phi) is 3.38. The van der Waals surface area contributed by atoms with E-state index >= 15 is 0 Å². The summed E-state index contributed by atoms with van der Waals surface area (Å²) < 4.78 is 3.78. The first-order chi connectivity index (χ1) is 11.3. The zero-order valence-electron chi connectivity index (χ0n) is 12.8. The van der Waals surface area contributed by atoms with Gasteiger partial charge in [0.1, 0.15) is 0 Å². The van der Waals surface area contributed by atoms with Crippen molar-refractivity contribution < 1.29 is 0 Å². The molecule has 0 atom stereocenters. The lowest BCUT2D eigenvalue weighted by molar-refractivity contribution is 0.603. The third-order valence-corrected chi connectivity index (χ3v) is 4.39. The summed E-state index contributed by atoms with van der Waals surface area (Å²) in [6.07, 6.45) is 4.53. The maximum atomic E-state index is 4.70. The van der Waals surface area contributed by atoms with Crippen LogP contribution < -0.4 is 0 Å². The maximum Gasteiger partial charge on any atom is 0.235 e. The van der Waals surface area contributed by atoms with E-state index in [1.54, 1.807) is 16.9 Å². The molecule has 0 unspecified atom stereocenters. The first-order valence-electron chi connectivity index (χ1n) is 7.43. The average Bonchev–Trinajstić information content (AvgIpc) is 3.22. The summed E-state index contributed by atoms with van der Waals surface area (Å²) in [5.41, 5.74) is 2.92. The van der Waals surface area contributed by atoms with Crippen LogP contribution in [0.3, 0.4) is 0 Å². The van der Waals surface area contributed by atoms with E-state index in [2.05, 4.69) is 33.3 Å². The Morgan fingerprint density at radius 2 is 2.13 bits per heavy atom. The lowest BCUT2D eigenvalue weighted by Gasteiger charge is -2.02. The highest BCUT2D eigenvalue weighted by atomic mass is 32.1. The molecule has 0 saturated carbocycles. The van der Waals surface area contributed by atoms with Crippen molar-refractivity contribution in [2.75, 3.05) is 0 Å². The second-order valence-electron chi connectivity index (χ2n) is 5.26. The Morgan fingerprint density at radius 1 is 1.22 bits per heavy atom. The molecule has 0 aliphatic carbocycles. The van der Waals surface area contributed by atoms with Crippen LogP contribution in [0.25, 0.3) is 27.1 Å². The van der Waals surface area contributed by atoms with Gasteiger partial charge in [0.15, 0.2) is 10.8 Å². The summed E-state index contributed by atoms with van der Waals surface area (Å²) in [7, 11) is 0. The largest absolute Gasteiger partial charge is 0.264 e. The Morgan fingerprint density at radius 3 is 2.91 bits per heavy atom. The van der Waals surface area contributed by atoms with E-state index in [-0.39, 0.29) is 0 Å². The van der Waals surface area contributed by atoms with Crippen LogP contribution in [0.4, 0.5) is 0 Å². The fourth-order valence-electron chi connectivity index (χ4n) is 2.50. The molecule has 0 fully saturated rings. The molecule has 0 radical (unpaired) electrons. The molecule has 4 aromatic rings. The normalized spacial score (nSPS) is 11.4. The first-order valence-corrected chi connectivity index (χ1v) is 8.25. The Bertz CT molecular complexity index is 951. The van der Waals surface area contributed by atoms with Crippen LogP contribution in [0, 0.1) is 6.92 Å². The molecule has 116 valence electrons. The van der Waals surface area contributed by atoms with Crippen molar-refractivity contribution in [3.05, 3.63) is 36.3 Å². The van der Waals surface area contributed by atoms with Gasteiger partial charge in [0.05, 0.1) is 11.4 Å². The highest BCUT2D eigenvalue weighted by molar-refractivity contribution is 7.19. The van der Waals surface area contributed by atoms with Gasteiger partial charge in [0.2, 0.25) is 4.96 Å². The predicted octanol–water partition coefficient (Wildman–Crippen LogP) is 2.83. The molecule has 0 bridgehead atoms. The number of nitrogens with zero attached hydrogens (tertiary/aromatic N) is 7. The van der Waals surface area contributed by atoms with Crippen LogP contribution in [-0.4, -0.2) is 34.6 Å². The van der Waals surface area contributed by atoms with Crippen molar-refractivity contribution in [3.8, 4) is 22.1 Å². The van der Waals surface area contributed by atoms with E-state index in [1.807, 2.05) is 23.7 Å². The van der Waals surface area contributed by atoms with Gasteiger partial charge in [-0.25, -0.2) is 0 Å². The van der Waals surface area contributed by atoms with Crippen molar-refractivity contribution in [2.24, 2.45) is 0 Å². The SMILES string of the molecule is CCCn1nc(C)cc1-c1nn2c(-c3cccnc3)nnc2s1. The molecule has 7 nitrogen and oxygen atoms in total. The van der Waals surface area contributed by atoms with E-state index in [1.165, 1.54) is 11.3 Å². The molecular formula is C15H15N7S. The van der Waals surface area contributed by atoms with Crippen molar-refractivity contribution in [1.82, 2.24) is 34.6 Å². The predicted molar refractivity (Wildman–Crippen MR) is 88.1 cm³/mol. The molecule has 0 aromatic carbocycles. The van der Waals surface area contributed by atoms with Gasteiger partial charge in [-0.05, 0) is 31.5 Å². The molecule has 8 heteroatoms. The van der Waals surface area contributed by atoms with Gasteiger partial charge in [-0.15, -0.1) is 10.2 Å². The zero-order valence-corrected chi connectivity index (χ0v) is 13.7. The topological polar surface area (TPSA) is 73.8 Å². The van der Waals surface area contributed by atoms with Crippen LogP contribution in [0.5, 0.6) is 0 Å². The summed E-state index contributed by atoms with van der Waals surface area (Å²) >= 11 is 1.52. The van der Waals surface area contributed by atoms with Gasteiger partial charge in [-0.3, -0.25) is 9.67 Å². The molecule has 23 heavy (non-hydrogen) atoms. The fraction of sp³-hybridized carbons (Fsp3) is 0.267. The second-order valence-corrected chi connectivity index (χ2v) is 6.22. The summed E-state index contributed by atoms with van der Waals surface area (Å²) in [6.45, 7) is 5.01. The zero-order chi connectivity index (χ0) is 15.8. The molecular weight excluding hydrogens is 310 g/mol. The van der Waals surface area contributed by atoms with Crippen LogP contribution >= 0.6 is 11.3 Å². The lowest BCUT2D eigenvalue weighted by atomic mass is 10.3. The molecule has 4 rings (SSSR count). The van der Waals surface area contributed by atoms with Gasteiger partial charge in [-0.2, -0.15) is 14.7 Å². The van der Waals surface area contributed by atoms with E-state index in [0.717, 1.165) is 39.9 Å². The molecule has 0 spiro atoms. The number of fused-ring (bicyclic) bond motifs is 1. The third-order valence-electron chi connectivity index (χ3n) is 3.47. The molecule has 0 amide bonds. The van der Waals surface area contributed by atoms with E-state index in [4.69, 9.17) is 5.10 Å². The van der Waals surface area contributed by atoms with Crippen molar-refractivity contribution in [2.45, 2.75) is 26.8 Å². The molecule has 0 N–H and O–H groups in total. The standard InChI is InChI=1S/C15H15N7S/c1-3-7-21-12(8-10(2)19-21)14-20-22-13(17-18-15(22)23-14)11-5-4-6-16-9-11/h4-6,8-9H,3,7H2,1-2H3. The summed E-state index contributed by atoms with van der Waals surface area (Å²) in [4.78, 5) is 4.90. The van der Waals surface area contributed by atoms with Gasteiger partial charge in [0, 0.05) is 24.5 Å². The maximum absolute atomic E-state index is 4.70. The van der Waals surface area contributed by atoms with Crippen LogP contribution in [-0.2, 0) is 6.54 Å². The number of rotatable bonds is 4. The van der Waals surface area contributed by atoms with Crippen LogP contribution in [0.1, 0.15) is 19.0 Å². The van der Waals surface area contributed by atoms with Crippen LogP contribution in [0.2, 0.25) is 0 Å². The van der Waals surface area contributed by atoms with Crippen LogP contribution in [0.15, 0.2) is 30.6 Å². The van der Waals surface area contributed by atoms with Gasteiger partial charge in [0.25, 0.3) is 0 Å². The first kappa shape index (κ1) is 14.0. The molecule has 0 saturated heterocycles. The lowest BCUT2D eigenvalue weighted by Crippen LogP contribution is -2.01. The number of aromatic nitrogens is 7. The van der Waals surface area contributed by atoms with Gasteiger partial charge >= 0.3 is 0 Å². The summed E-state index contributed by atoms with van der Waals surface area (Å²) in [5.74, 6) is 0.703. The van der Waals surface area contributed by atoms with Crippen molar-refractivity contribution >= 4 is 16.3 Å². The summed E-state index contributed by atoms with van der Waals surface area (Å²) in [6, 6.07) is 5.89. The number of aryl methyl sites for hydroxylation is 2. The van der Waals surface area contributed by atoms with Gasteiger partial charge < -0.3 is 0 Å². The van der Waals surface area contributed by atoms with E-state index < -0.39 is 0 Å². The van der Waals surface area contributed by atoms with E-state index in [0.29, 0.717) is 5.82 Å². The minimum atomic E-state index is 0.703. The Hall–Kier alpha value is -2.61. The number of hydrogen-bond donors (Lipinski definition) is 0. The van der Waals surface area contributed by atoms with Crippen molar-refractivity contribution in [1.29, 1.82) is 0 Å². The Labute approximate surface area is 136 Å². The fourth-order valence-corrected chi connectivity index (χ4v) is 3.36. The monoisotopic (exact) mass is 325 g/mol. The number of pyridine rings is 1. The molecule has 0 aliphatic rings. The molecule has 0 aliphatic heterocycles. The minimum Gasteiger partial charge on any atom is -0.264 e. The molecule has 4 aromatic heterocycles. The smallest absolute Gasteiger partial charge is 0.235 e. The van der Waals surface area contributed by atoms with Gasteiger partial charge in [-0.1, -0.05) is 18.3 Å². The summed E-state index contributed by atoms with van der Waals surface area (Å²) in [5, 5.41) is 18.6. The quantitative estimate of drug-likeness (QED) is 0.577. The minimum absolute atomic E-state index is 0.703. The van der Waals surface area contributed by atoms with Crippen molar-refractivity contribution in [3.63, 3.8) is 0 Å². The average molecular weight is 325 g/mol.